The van der Waals surface area contributed by atoms with Crippen LogP contribution in [0.2, 0.25) is 0 Å². The van der Waals surface area contributed by atoms with Gasteiger partial charge in [0.25, 0.3) is 0 Å². The van der Waals surface area contributed by atoms with Gasteiger partial charge < -0.3 is 10.2 Å². The number of anilines is 3. The Balaban J connectivity index is 1.71. The third kappa shape index (κ3) is 3.60. The molecule has 1 aliphatic heterocycles. The van der Waals surface area contributed by atoms with Crippen LogP contribution in [0.3, 0.4) is 0 Å². The van der Waals surface area contributed by atoms with Crippen molar-refractivity contribution >= 4 is 17.3 Å². The Hall–Kier alpha value is -2.95. The Bertz CT molecular complexity index is 843. The van der Waals surface area contributed by atoms with Crippen molar-refractivity contribution in [3.8, 4) is 11.4 Å². The van der Waals surface area contributed by atoms with Crippen LogP contribution in [-0.4, -0.2) is 23.1 Å². The van der Waals surface area contributed by atoms with Gasteiger partial charge in [0.15, 0.2) is 5.82 Å². The van der Waals surface area contributed by atoms with E-state index in [4.69, 9.17) is 4.98 Å². The molecule has 1 aromatic heterocycles. The Morgan fingerprint density at radius 1 is 0.880 bits per heavy atom. The second-order valence-electron chi connectivity index (χ2n) is 6.13. The van der Waals surface area contributed by atoms with Crippen molar-refractivity contribution in [2.45, 2.75) is 12.8 Å². The van der Waals surface area contributed by atoms with E-state index in [2.05, 4.69) is 15.2 Å². The van der Waals surface area contributed by atoms with Gasteiger partial charge in [-0.3, -0.25) is 0 Å². The smallest absolute Gasteiger partial charge is 0.163 e. The van der Waals surface area contributed by atoms with Gasteiger partial charge in [0.2, 0.25) is 0 Å². The fraction of sp³-hybridized carbons (Fsp3) is 0.200. The van der Waals surface area contributed by atoms with Crippen molar-refractivity contribution < 1.29 is 4.39 Å². The minimum absolute atomic E-state index is 0.254. The lowest BCUT2D eigenvalue weighted by Gasteiger charge is -2.18. The van der Waals surface area contributed by atoms with Gasteiger partial charge in [-0.25, -0.2) is 14.4 Å². The third-order valence-corrected chi connectivity index (χ3v) is 4.29. The van der Waals surface area contributed by atoms with Gasteiger partial charge in [-0.15, -0.1) is 0 Å². The molecule has 0 amide bonds. The molecular formula is C20H19FN4. The van der Waals surface area contributed by atoms with Crippen molar-refractivity contribution in [1.29, 1.82) is 0 Å². The molecule has 4 nitrogen and oxygen atoms in total. The normalized spacial score (nSPS) is 13.9. The SMILES string of the molecule is Fc1ccc(Nc2cc(N3CCCC3)nc(-c3ccccc3)n2)cc1. The number of rotatable bonds is 4. The minimum Gasteiger partial charge on any atom is -0.356 e. The molecule has 0 aliphatic carbocycles. The van der Waals surface area contributed by atoms with Crippen LogP contribution >= 0.6 is 0 Å². The van der Waals surface area contributed by atoms with Crippen molar-refractivity contribution in [3.05, 3.63) is 66.5 Å². The van der Waals surface area contributed by atoms with E-state index in [9.17, 15) is 4.39 Å². The van der Waals surface area contributed by atoms with Gasteiger partial charge in [-0.05, 0) is 37.1 Å². The highest BCUT2D eigenvalue weighted by atomic mass is 19.1. The molecule has 0 spiro atoms. The molecule has 126 valence electrons. The molecule has 1 saturated heterocycles. The largest absolute Gasteiger partial charge is 0.356 e. The molecule has 2 heterocycles. The monoisotopic (exact) mass is 334 g/mol. The van der Waals surface area contributed by atoms with E-state index in [1.807, 2.05) is 36.4 Å². The molecule has 0 saturated carbocycles. The van der Waals surface area contributed by atoms with Gasteiger partial charge in [0, 0.05) is 30.4 Å². The van der Waals surface area contributed by atoms with E-state index < -0.39 is 0 Å². The standard InChI is InChI=1S/C20H19FN4/c21-16-8-10-17(11-9-16)22-18-14-19(25-12-4-5-13-25)24-20(23-18)15-6-2-1-3-7-15/h1-3,6-11,14H,4-5,12-13H2,(H,22,23,24). The average Bonchev–Trinajstić information content (AvgIpc) is 3.19. The van der Waals surface area contributed by atoms with Gasteiger partial charge in [-0.1, -0.05) is 30.3 Å². The molecule has 1 aliphatic rings. The highest BCUT2D eigenvalue weighted by molar-refractivity contribution is 5.65. The maximum absolute atomic E-state index is 13.1. The van der Waals surface area contributed by atoms with Crippen LogP contribution in [0.4, 0.5) is 21.7 Å². The second-order valence-corrected chi connectivity index (χ2v) is 6.13. The molecule has 1 fully saturated rings. The number of nitrogens with one attached hydrogen (secondary N) is 1. The fourth-order valence-corrected chi connectivity index (χ4v) is 3.00. The number of hydrogen-bond donors (Lipinski definition) is 1. The zero-order chi connectivity index (χ0) is 17.1. The summed E-state index contributed by atoms with van der Waals surface area (Å²) in [7, 11) is 0. The zero-order valence-corrected chi connectivity index (χ0v) is 13.8. The lowest BCUT2D eigenvalue weighted by Crippen LogP contribution is -2.19. The van der Waals surface area contributed by atoms with Crippen LogP contribution in [0.5, 0.6) is 0 Å². The molecule has 4 rings (SSSR count). The van der Waals surface area contributed by atoms with E-state index in [1.165, 1.54) is 25.0 Å². The average molecular weight is 334 g/mol. The summed E-state index contributed by atoms with van der Waals surface area (Å²) in [5, 5.41) is 3.26. The quantitative estimate of drug-likeness (QED) is 0.755. The van der Waals surface area contributed by atoms with Gasteiger partial charge >= 0.3 is 0 Å². The summed E-state index contributed by atoms with van der Waals surface area (Å²) in [6.45, 7) is 2.03. The Morgan fingerprint density at radius 3 is 2.32 bits per heavy atom. The van der Waals surface area contributed by atoms with E-state index in [1.54, 1.807) is 12.1 Å². The molecule has 0 radical (unpaired) electrons. The highest BCUT2D eigenvalue weighted by Gasteiger charge is 2.16. The lowest BCUT2D eigenvalue weighted by molar-refractivity contribution is 0.628. The van der Waals surface area contributed by atoms with Crippen LogP contribution in [-0.2, 0) is 0 Å². The molecule has 5 heteroatoms. The fourth-order valence-electron chi connectivity index (χ4n) is 3.00. The molecular weight excluding hydrogens is 315 g/mol. The van der Waals surface area contributed by atoms with Gasteiger partial charge in [0.1, 0.15) is 17.5 Å². The predicted molar refractivity (Wildman–Crippen MR) is 98.6 cm³/mol. The minimum atomic E-state index is -0.254. The zero-order valence-electron chi connectivity index (χ0n) is 13.8. The van der Waals surface area contributed by atoms with Crippen LogP contribution in [0, 0.1) is 5.82 Å². The molecule has 25 heavy (non-hydrogen) atoms. The number of benzene rings is 2. The molecule has 0 atom stereocenters. The van der Waals surface area contributed by atoms with Crippen LogP contribution in [0.1, 0.15) is 12.8 Å². The van der Waals surface area contributed by atoms with Crippen molar-refractivity contribution in [3.63, 3.8) is 0 Å². The third-order valence-electron chi connectivity index (χ3n) is 4.29. The Labute approximate surface area is 146 Å². The maximum atomic E-state index is 13.1. The first-order valence-corrected chi connectivity index (χ1v) is 8.50. The second kappa shape index (κ2) is 6.89. The summed E-state index contributed by atoms with van der Waals surface area (Å²) < 4.78 is 13.1. The van der Waals surface area contributed by atoms with Crippen LogP contribution < -0.4 is 10.2 Å². The maximum Gasteiger partial charge on any atom is 0.163 e. The summed E-state index contributed by atoms with van der Waals surface area (Å²) in [4.78, 5) is 11.7. The van der Waals surface area contributed by atoms with Crippen molar-refractivity contribution in [1.82, 2.24) is 9.97 Å². The number of halogens is 1. The molecule has 0 bridgehead atoms. The topological polar surface area (TPSA) is 41.0 Å². The molecule has 2 aromatic carbocycles. The molecule has 3 aromatic rings. The lowest BCUT2D eigenvalue weighted by atomic mass is 10.2. The first-order valence-electron chi connectivity index (χ1n) is 8.50. The van der Waals surface area contributed by atoms with E-state index in [-0.39, 0.29) is 5.82 Å². The number of hydrogen-bond acceptors (Lipinski definition) is 4. The van der Waals surface area contributed by atoms with E-state index in [0.29, 0.717) is 11.6 Å². The first-order chi connectivity index (χ1) is 12.3. The summed E-state index contributed by atoms with van der Waals surface area (Å²) in [5.41, 5.74) is 1.78. The number of aromatic nitrogens is 2. The van der Waals surface area contributed by atoms with Crippen molar-refractivity contribution in [2.75, 3.05) is 23.3 Å². The van der Waals surface area contributed by atoms with E-state index >= 15 is 0 Å². The highest BCUT2D eigenvalue weighted by Crippen LogP contribution is 2.26. The summed E-state index contributed by atoms with van der Waals surface area (Å²) in [6, 6.07) is 18.2. The van der Waals surface area contributed by atoms with Gasteiger partial charge in [-0.2, -0.15) is 0 Å². The number of nitrogens with zero attached hydrogens (tertiary/aromatic N) is 3. The van der Waals surface area contributed by atoms with Crippen molar-refractivity contribution in [2.24, 2.45) is 0 Å². The Kier molecular flexibility index (Phi) is 4.29. The predicted octanol–water partition coefficient (Wildman–Crippen LogP) is 4.63. The van der Waals surface area contributed by atoms with Gasteiger partial charge in [0.05, 0.1) is 0 Å². The summed E-state index contributed by atoms with van der Waals surface area (Å²) in [5.74, 6) is 2.07. The Morgan fingerprint density at radius 2 is 1.60 bits per heavy atom. The molecule has 1 N–H and O–H groups in total. The first kappa shape index (κ1) is 15.6. The van der Waals surface area contributed by atoms with Crippen LogP contribution in [0.15, 0.2) is 60.7 Å². The van der Waals surface area contributed by atoms with E-state index in [0.717, 1.165) is 30.2 Å². The van der Waals surface area contributed by atoms with Crippen LogP contribution in [0.25, 0.3) is 11.4 Å². The summed E-state index contributed by atoms with van der Waals surface area (Å²) in [6.07, 6.45) is 2.37. The molecule has 0 unspecified atom stereocenters. The summed E-state index contributed by atoms with van der Waals surface area (Å²) >= 11 is 0.